The predicted octanol–water partition coefficient (Wildman–Crippen LogP) is 2.72. The summed E-state index contributed by atoms with van der Waals surface area (Å²) in [4.78, 5) is 4.68. The van der Waals surface area contributed by atoms with Crippen molar-refractivity contribution in [3.05, 3.63) is 47.6 Å². The number of hydrogen-bond donors (Lipinski definition) is 1. The lowest BCUT2D eigenvalue weighted by molar-refractivity contribution is 0.361. The summed E-state index contributed by atoms with van der Waals surface area (Å²) in [5.41, 5.74) is 3.07. The lowest BCUT2D eigenvalue weighted by atomic mass is 10.3. The highest BCUT2D eigenvalue weighted by molar-refractivity contribution is 5.75. The largest absolute Gasteiger partial charge is 0.360 e. The number of benzene rings is 1. The topological polar surface area (TPSA) is 55.9 Å². The first-order chi connectivity index (χ1) is 9.65. The van der Waals surface area contributed by atoms with Gasteiger partial charge in [0.15, 0.2) is 5.76 Å². The summed E-state index contributed by atoms with van der Waals surface area (Å²) in [5.74, 6) is 1.86. The Kier molecular flexibility index (Phi) is 3.28. The Bertz CT molecular complexity index is 728. The molecule has 1 N–H and O–H groups in total. The number of nitrogens with one attached hydrogen (secondary N) is 1. The van der Waals surface area contributed by atoms with Crippen LogP contribution in [0.5, 0.6) is 0 Å². The summed E-state index contributed by atoms with van der Waals surface area (Å²) in [6.07, 6.45) is 0. The number of para-hydroxylation sites is 2. The fourth-order valence-electron chi connectivity index (χ4n) is 2.40. The van der Waals surface area contributed by atoms with Crippen LogP contribution in [0.2, 0.25) is 0 Å². The molecule has 0 radical (unpaired) electrons. The molecule has 1 unspecified atom stereocenters. The maximum absolute atomic E-state index is 5.20. The van der Waals surface area contributed by atoms with Gasteiger partial charge in [-0.2, -0.15) is 0 Å². The lowest BCUT2D eigenvalue weighted by Crippen LogP contribution is -2.20. The molecule has 0 fully saturated rings. The minimum atomic E-state index is 0.137. The van der Waals surface area contributed by atoms with E-state index in [0.717, 1.165) is 28.3 Å². The van der Waals surface area contributed by atoms with Crippen molar-refractivity contribution in [2.24, 2.45) is 7.05 Å². The number of nitrogens with zero attached hydrogens (tertiary/aromatic N) is 3. The van der Waals surface area contributed by atoms with Gasteiger partial charge in [-0.1, -0.05) is 17.3 Å². The van der Waals surface area contributed by atoms with Gasteiger partial charge in [-0.25, -0.2) is 4.98 Å². The van der Waals surface area contributed by atoms with Gasteiger partial charge in [0.2, 0.25) is 0 Å². The average Bonchev–Trinajstić information content (AvgIpc) is 3.01. The molecule has 3 rings (SSSR count). The highest BCUT2D eigenvalue weighted by Crippen LogP contribution is 2.19. The zero-order valence-corrected chi connectivity index (χ0v) is 11.9. The Morgan fingerprint density at radius 1 is 1.35 bits per heavy atom. The third-order valence-electron chi connectivity index (χ3n) is 3.47. The third-order valence-corrected chi connectivity index (χ3v) is 3.47. The summed E-state index contributed by atoms with van der Waals surface area (Å²) < 4.78 is 7.32. The first-order valence-electron chi connectivity index (χ1n) is 6.72. The number of imidazole rings is 1. The maximum atomic E-state index is 5.20. The molecule has 0 saturated heterocycles. The van der Waals surface area contributed by atoms with Gasteiger partial charge >= 0.3 is 0 Å². The standard InChI is InChI=1S/C15H18N4O/c1-10-8-12(20-18-10)9-16-11(2)15-17-13-6-4-5-7-14(13)19(15)3/h4-8,11,16H,9H2,1-3H3. The summed E-state index contributed by atoms with van der Waals surface area (Å²) in [7, 11) is 2.04. The Hall–Kier alpha value is -2.14. The molecule has 0 aliphatic heterocycles. The van der Waals surface area contributed by atoms with Crippen molar-refractivity contribution in [1.29, 1.82) is 0 Å². The number of aromatic nitrogens is 3. The van der Waals surface area contributed by atoms with Crippen molar-refractivity contribution < 1.29 is 4.52 Å². The van der Waals surface area contributed by atoms with Gasteiger partial charge in [-0.3, -0.25) is 0 Å². The second kappa shape index (κ2) is 5.09. The molecule has 2 heterocycles. The number of fused-ring (bicyclic) bond motifs is 1. The van der Waals surface area contributed by atoms with E-state index < -0.39 is 0 Å². The van der Waals surface area contributed by atoms with Gasteiger partial charge in [0, 0.05) is 13.1 Å². The Morgan fingerprint density at radius 3 is 2.85 bits per heavy atom. The molecule has 3 aromatic rings. The quantitative estimate of drug-likeness (QED) is 0.792. The van der Waals surface area contributed by atoms with Crippen LogP contribution < -0.4 is 5.32 Å². The molecule has 5 heteroatoms. The van der Waals surface area contributed by atoms with Gasteiger partial charge in [-0.15, -0.1) is 0 Å². The van der Waals surface area contributed by atoms with E-state index in [1.54, 1.807) is 0 Å². The van der Waals surface area contributed by atoms with Crippen LogP contribution in [0.15, 0.2) is 34.9 Å². The van der Waals surface area contributed by atoms with Gasteiger partial charge < -0.3 is 14.4 Å². The van der Waals surface area contributed by atoms with Crippen LogP contribution >= 0.6 is 0 Å². The predicted molar refractivity (Wildman–Crippen MR) is 77.2 cm³/mol. The molecule has 2 aromatic heterocycles. The Balaban J connectivity index is 1.78. The third kappa shape index (κ3) is 2.32. The van der Waals surface area contributed by atoms with E-state index in [1.807, 2.05) is 38.2 Å². The van der Waals surface area contributed by atoms with Crippen LogP contribution in [0.4, 0.5) is 0 Å². The summed E-state index contributed by atoms with van der Waals surface area (Å²) >= 11 is 0. The Labute approximate surface area is 117 Å². The van der Waals surface area contributed by atoms with Crippen LogP contribution in [0.3, 0.4) is 0 Å². The maximum Gasteiger partial charge on any atom is 0.150 e. The van der Waals surface area contributed by atoms with Crippen molar-refractivity contribution in [3.63, 3.8) is 0 Å². The fourth-order valence-corrected chi connectivity index (χ4v) is 2.40. The Morgan fingerprint density at radius 2 is 2.15 bits per heavy atom. The SMILES string of the molecule is Cc1cc(CNC(C)c2nc3ccccc3n2C)on1. The molecule has 5 nitrogen and oxygen atoms in total. The highest BCUT2D eigenvalue weighted by atomic mass is 16.5. The van der Waals surface area contributed by atoms with E-state index >= 15 is 0 Å². The zero-order valence-electron chi connectivity index (χ0n) is 11.9. The molecule has 104 valence electrons. The minimum Gasteiger partial charge on any atom is -0.360 e. The van der Waals surface area contributed by atoms with Crippen LogP contribution in [0, 0.1) is 6.92 Å². The van der Waals surface area contributed by atoms with E-state index in [-0.39, 0.29) is 6.04 Å². The first-order valence-corrected chi connectivity index (χ1v) is 6.72. The molecular weight excluding hydrogens is 252 g/mol. The van der Waals surface area contributed by atoms with Crippen molar-refractivity contribution in [1.82, 2.24) is 20.0 Å². The summed E-state index contributed by atoms with van der Waals surface area (Å²) in [6.45, 7) is 4.66. The van der Waals surface area contributed by atoms with Gasteiger partial charge in [0.05, 0.1) is 29.3 Å². The second-order valence-corrected chi connectivity index (χ2v) is 5.05. The minimum absolute atomic E-state index is 0.137. The van der Waals surface area contributed by atoms with Crippen molar-refractivity contribution in [2.45, 2.75) is 26.4 Å². The van der Waals surface area contributed by atoms with Gasteiger partial charge in [0.1, 0.15) is 5.82 Å². The summed E-state index contributed by atoms with van der Waals surface area (Å²) in [5, 5.41) is 7.30. The van der Waals surface area contributed by atoms with Gasteiger partial charge in [-0.05, 0) is 26.0 Å². The normalized spacial score (nSPS) is 12.9. The van der Waals surface area contributed by atoms with Crippen LogP contribution in [0.1, 0.15) is 30.2 Å². The van der Waals surface area contributed by atoms with E-state index in [1.165, 1.54) is 0 Å². The van der Waals surface area contributed by atoms with Crippen LogP contribution in [-0.4, -0.2) is 14.7 Å². The molecule has 1 aromatic carbocycles. The number of rotatable bonds is 4. The van der Waals surface area contributed by atoms with Crippen LogP contribution in [-0.2, 0) is 13.6 Å². The molecule has 0 saturated carbocycles. The zero-order chi connectivity index (χ0) is 14.1. The van der Waals surface area contributed by atoms with E-state index in [0.29, 0.717) is 6.54 Å². The molecule has 0 spiro atoms. The second-order valence-electron chi connectivity index (χ2n) is 5.05. The van der Waals surface area contributed by atoms with Crippen molar-refractivity contribution in [2.75, 3.05) is 0 Å². The first kappa shape index (κ1) is 12.9. The average molecular weight is 270 g/mol. The smallest absolute Gasteiger partial charge is 0.150 e. The van der Waals surface area contributed by atoms with Gasteiger partial charge in [0.25, 0.3) is 0 Å². The molecule has 0 aliphatic carbocycles. The highest BCUT2D eigenvalue weighted by Gasteiger charge is 2.14. The monoisotopic (exact) mass is 270 g/mol. The fraction of sp³-hybridized carbons (Fsp3) is 0.333. The van der Waals surface area contributed by atoms with Crippen LogP contribution in [0.25, 0.3) is 11.0 Å². The summed E-state index contributed by atoms with van der Waals surface area (Å²) in [6, 6.07) is 10.2. The van der Waals surface area contributed by atoms with Crippen molar-refractivity contribution in [3.8, 4) is 0 Å². The van der Waals surface area contributed by atoms with E-state index in [4.69, 9.17) is 4.52 Å². The van der Waals surface area contributed by atoms with E-state index in [9.17, 15) is 0 Å². The van der Waals surface area contributed by atoms with Crippen molar-refractivity contribution >= 4 is 11.0 Å². The number of aryl methyl sites for hydroxylation is 2. The molecule has 0 amide bonds. The lowest BCUT2D eigenvalue weighted by Gasteiger charge is -2.12. The molecule has 0 bridgehead atoms. The van der Waals surface area contributed by atoms with E-state index in [2.05, 4.69) is 33.0 Å². The number of hydrogen-bond acceptors (Lipinski definition) is 4. The molecule has 0 aliphatic rings. The molecular formula is C15H18N4O. The molecule has 20 heavy (non-hydrogen) atoms. The molecule has 1 atom stereocenters.